The molecule has 160 valence electrons. The molecule has 0 radical (unpaired) electrons. The summed E-state index contributed by atoms with van der Waals surface area (Å²) >= 11 is 0. The first-order chi connectivity index (χ1) is 13.9. The summed E-state index contributed by atoms with van der Waals surface area (Å²) in [5.74, 6) is -2.68. The summed E-state index contributed by atoms with van der Waals surface area (Å²) in [6, 6.07) is 5.95. The summed E-state index contributed by atoms with van der Waals surface area (Å²) in [6.07, 6.45) is 5.92. The minimum absolute atomic E-state index is 0.0567. The third-order valence-electron chi connectivity index (χ3n) is 6.45. The molecular formula is C22H32BF2NO3. The van der Waals surface area contributed by atoms with E-state index >= 15 is 0 Å². The highest BCUT2D eigenvalue weighted by atomic mass is 19.3. The molecule has 4 nitrogen and oxygen atoms in total. The number of amides is 1. The fourth-order valence-electron chi connectivity index (χ4n) is 4.62. The normalized spacial score (nSPS) is 22.4. The highest BCUT2D eigenvalue weighted by molar-refractivity contribution is 6.32. The molecule has 2 aliphatic rings. The van der Waals surface area contributed by atoms with Crippen molar-refractivity contribution in [2.75, 3.05) is 13.2 Å². The van der Waals surface area contributed by atoms with Gasteiger partial charge in [-0.25, -0.2) is 4.79 Å². The smallest absolute Gasteiger partial charge is 0.410 e. The van der Waals surface area contributed by atoms with Crippen molar-refractivity contribution in [2.24, 2.45) is 5.92 Å². The van der Waals surface area contributed by atoms with Crippen LogP contribution in [0.4, 0.5) is 13.6 Å². The number of halogens is 2. The lowest BCUT2D eigenvalue weighted by Crippen LogP contribution is -2.47. The summed E-state index contributed by atoms with van der Waals surface area (Å²) in [5.41, 5.74) is 0.570. The van der Waals surface area contributed by atoms with Gasteiger partial charge in [0.1, 0.15) is 14.0 Å². The zero-order valence-corrected chi connectivity index (χ0v) is 17.3. The lowest BCUT2D eigenvalue weighted by Gasteiger charge is -2.37. The number of aliphatic hydroxyl groups excluding tert-OH is 1. The highest BCUT2D eigenvalue weighted by Gasteiger charge is 2.41. The molecule has 0 spiro atoms. The van der Waals surface area contributed by atoms with Gasteiger partial charge in [0.25, 0.3) is 5.92 Å². The highest BCUT2D eigenvalue weighted by Crippen LogP contribution is 2.34. The summed E-state index contributed by atoms with van der Waals surface area (Å²) in [5, 5.41) is 10.3. The summed E-state index contributed by atoms with van der Waals surface area (Å²) in [4.78, 5) is 14.0. The molecule has 1 saturated heterocycles. The Morgan fingerprint density at radius 1 is 1.21 bits per heavy atom. The Hall–Kier alpha value is -1.63. The van der Waals surface area contributed by atoms with Crippen LogP contribution >= 0.6 is 0 Å². The van der Waals surface area contributed by atoms with Crippen LogP contribution in [0.5, 0.6) is 0 Å². The average molecular weight is 407 g/mol. The van der Waals surface area contributed by atoms with Crippen LogP contribution in [-0.2, 0) is 10.7 Å². The quantitative estimate of drug-likeness (QED) is 0.673. The molecular weight excluding hydrogens is 375 g/mol. The molecule has 1 aromatic rings. The fourth-order valence-corrected chi connectivity index (χ4v) is 4.62. The van der Waals surface area contributed by atoms with Crippen molar-refractivity contribution in [3.63, 3.8) is 0 Å². The van der Waals surface area contributed by atoms with Crippen LogP contribution in [0, 0.1) is 5.92 Å². The molecule has 2 atom stereocenters. The van der Waals surface area contributed by atoms with Crippen molar-refractivity contribution in [1.29, 1.82) is 0 Å². The van der Waals surface area contributed by atoms with E-state index in [4.69, 9.17) is 4.74 Å². The van der Waals surface area contributed by atoms with Crippen molar-refractivity contribution >= 4 is 19.4 Å². The number of nitrogens with zero attached hydrogens (tertiary/aromatic N) is 1. The molecule has 0 aromatic heterocycles. The number of aliphatic hydroxyl groups is 1. The van der Waals surface area contributed by atoms with Crippen molar-refractivity contribution < 1.29 is 23.4 Å². The Morgan fingerprint density at radius 3 is 2.69 bits per heavy atom. The fraction of sp³-hybridized carbons (Fsp3) is 0.682. The SMILES string of the molecule is Bc1cccc(C(F)(F)[C@H](O)CC[C@H]2CCOC(=O)N2CCC2CCCCC2)c1. The van der Waals surface area contributed by atoms with Crippen molar-refractivity contribution in [3.05, 3.63) is 29.8 Å². The van der Waals surface area contributed by atoms with Gasteiger partial charge in [0, 0.05) is 24.6 Å². The molecule has 1 saturated carbocycles. The van der Waals surface area contributed by atoms with Gasteiger partial charge in [-0.3, -0.25) is 0 Å². The van der Waals surface area contributed by atoms with Crippen LogP contribution < -0.4 is 5.46 Å². The minimum atomic E-state index is -3.31. The molecule has 7 heteroatoms. The Balaban J connectivity index is 1.57. The number of cyclic esters (lactones) is 1. The largest absolute Gasteiger partial charge is 0.449 e. The molecule has 1 aliphatic carbocycles. The summed E-state index contributed by atoms with van der Waals surface area (Å²) in [7, 11) is 1.75. The Morgan fingerprint density at radius 2 is 1.97 bits per heavy atom. The number of carbonyl (C=O) groups excluding carboxylic acids is 1. The molecule has 1 N–H and O–H groups in total. The molecule has 1 aliphatic heterocycles. The van der Waals surface area contributed by atoms with E-state index in [1.165, 1.54) is 44.2 Å². The number of benzene rings is 1. The number of hydrogen-bond donors (Lipinski definition) is 1. The number of hydrogen-bond acceptors (Lipinski definition) is 3. The Kier molecular flexibility index (Phi) is 7.55. The van der Waals surface area contributed by atoms with Gasteiger partial charge >= 0.3 is 6.09 Å². The first-order valence-corrected chi connectivity index (χ1v) is 10.9. The van der Waals surface area contributed by atoms with Crippen LogP contribution in [0.15, 0.2) is 24.3 Å². The zero-order chi connectivity index (χ0) is 20.9. The van der Waals surface area contributed by atoms with Crippen LogP contribution in [0.25, 0.3) is 0 Å². The molecule has 2 fully saturated rings. The maximum absolute atomic E-state index is 14.7. The van der Waals surface area contributed by atoms with E-state index in [0.717, 1.165) is 11.9 Å². The third kappa shape index (κ3) is 5.71. The van der Waals surface area contributed by atoms with Gasteiger partial charge in [0.15, 0.2) is 0 Å². The molecule has 29 heavy (non-hydrogen) atoms. The van der Waals surface area contributed by atoms with Gasteiger partial charge in [0.2, 0.25) is 0 Å². The maximum Gasteiger partial charge on any atom is 0.410 e. The van der Waals surface area contributed by atoms with E-state index in [0.29, 0.717) is 31.9 Å². The molecule has 0 unspecified atom stereocenters. The second kappa shape index (κ2) is 9.92. The van der Waals surface area contributed by atoms with E-state index in [1.54, 1.807) is 24.9 Å². The first kappa shape index (κ1) is 22.1. The van der Waals surface area contributed by atoms with E-state index in [9.17, 15) is 18.7 Å². The van der Waals surface area contributed by atoms with Gasteiger partial charge in [-0.1, -0.05) is 61.8 Å². The number of alkyl halides is 2. The standard InChI is InChI=1S/C22H32BF2NO3/c23-18-8-4-7-17(15-18)22(24,25)20(27)10-9-19-12-14-29-21(28)26(19)13-11-16-5-2-1-3-6-16/h4,7-8,15-16,19-20,27H,1-3,5-6,9-14,23H2/t19-,20+/m0/s1. The van der Waals surface area contributed by atoms with Crippen LogP contribution in [0.2, 0.25) is 0 Å². The van der Waals surface area contributed by atoms with Crippen molar-refractivity contribution in [3.8, 4) is 0 Å². The van der Waals surface area contributed by atoms with E-state index in [-0.39, 0.29) is 24.1 Å². The first-order valence-electron chi connectivity index (χ1n) is 10.9. The van der Waals surface area contributed by atoms with Gasteiger partial charge in [-0.15, -0.1) is 0 Å². The summed E-state index contributed by atoms with van der Waals surface area (Å²) in [6.45, 7) is 0.923. The van der Waals surface area contributed by atoms with Gasteiger partial charge in [0.05, 0.1) is 6.61 Å². The number of rotatable bonds is 8. The molecule has 3 rings (SSSR count). The molecule has 1 aromatic carbocycles. The predicted molar refractivity (Wildman–Crippen MR) is 111 cm³/mol. The lowest BCUT2D eigenvalue weighted by atomic mass is 9.86. The van der Waals surface area contributed by atoms with E-state index < -0.39 is 12.0 Å². The second-order valence-electron chi connectivity index (χ2n) is 8.63. The minimum Gasteiger partial charge on any atom is -0.449 e. The van der Waals surface area contributed by atoms with Crippen molar-refractivity contribution in [1.82, 2.24) is 4.90 Å². The molecule has 1 amide bonds. The average Bonchev–Trinajstić information content (AvgIpc) is 2.72. The van der Waals surface area contributed by atoms with E-state index in [2.05, 4.69) is 0 Å². The van der Waals surface area contributed by atoms with Crippen LogP contribution in [0.3, 0.4) is 0 Å². The van der Waals surface area contributed by atoms with Gasteiger partial charge in [-0.2, -0.15) is 8.78 Å². The van der Waals surface area contributed by atoms with Crippen molar-refractivity contribution in [2.45, 2.75) is 75.9 Å². The van der Waals surface area contributed by atoms with E-state index in [1.807, 2.05) is 0 Å². The maximum atomic E-state index is 14.7. The predicted octanol–water partition coefficient (Wildman–Crippen LogP) is 3.36. The monoisotopic (exact) mass is 407 g/mol. The second-order valence-corrected chi connectivity index (χ2v) is 8.63. The number of ether oxygens (including phenoxy) is 1. The number of carbonyl (C=O) groups is 1. The lowest BCUT2D eigenvalue weighted by molar-refractivity contribution is -0.120. The molecule has 0 bridgehead atoms. The van der Waals surface area contributed by atoms with Crippen LogP contribution in [-0.4, -0.2) is 49.2 Å². The van der Waals surface area contributed by atoms with Gasteiger partial charge < -0.3 is 14.7 Å². The van der Waals surface area contributed by atoms with Crippen LogP contribution in [0.1, 0.15) is 63.4 Å². The van der Waals surface area contributed by atoms with Gasteiger partial charge in [-0.05, 0) is 25.2 Å². The Bertz CT molecular complexity index is 682. The molecule has 1 heterocycles. The Labute approximate surface area is 173 Å². The third-order valence-corrected chi connectivity index (χ3v) is 6.45. The zero-order valence-electron chi connectivity index (χ0n) is 17.3. The topological polar surface area (TPSA) is 49.8 Å². The summed E-state index contributed by atoms with van der Waals surface area (Å²) < 4.78 is 34.6.